The van der Waals surface area contributed by atoms with Crippen molar-refractivity contribution in [3.63, 3.8) is 0 Å². The van der Waals surface area contributed by atoms with E-state index in [-0.39, 0.29) is 0 Å². The molecule has 0 amide bonds. The Balaban J connectivity index is 1.65. The van der Waals surface area contributed by atoms with Crippen molar-refractivity contribution < 1.29 is 4.74 Å². The third-order valence-electron chi connectivity index (χ3n) is 3.39. The molecule has 0 saturated carbocycles. The van der Waals surface area contributed by atoms with Gasteiger partial charge in [0.25, 0.3) is 0 Å². The van der Waals surface area contributed by atoms with Crippen molar-refractivity contribution in [2.75, 3.05) is 39.4 Å². The standard InChI is InChI=1S/C10H16N2O/c1-2-13-7-10(1)12-5-8-3-11-4-9(8)6-12/h10-11H,1-7H2. The number of nitrogens with one attached hydrogen (secondary N) is 1. The van der Waals surface area contributed by atoms with Crippen LogP contribution in [-0.2, 0) is 4.74 Å². The smallest absolute Gasteiger partial charge is 0.0622 e. The first-order valence-electron chi connectivity index (χ1n) is 5.16. The highest BCUT2D eigenvalue weighted by Gasteiger charge is 2.31. The number of hydrogen-bond donors (Lipinski definition) is 1. The van der Waals surface area contributed by atoms with Gasteiger partial charge in [0.05, 0.1) is 6.61 Å². The fraction of sp³-hybridized carbons (Fsp3) is 0.800. The minimum Gasteiger partial charge on any atom is -0.380 e. The SMILES string of the molecule is C1CC(N2CC3=C(CNC3)C2)CO1. The van der Waals surface area contributed by atoms with E-state index < -0.39 is 0 Å². The van der Waals surface area contributed by atoms with E-state index in [1.54, 1.807) is 11.1 Å². The molecule has 13 heavy (non-hydrogen) atoms. The second-order valence-corrected chi connectivity index (χ2v) is 4.23. The van der Waals surface area contributed by atoms with Crippen molar-refractivity contribution >= 4 is 0 Å². The lowest BCUT2D eigenvalue weighted by atomic mass is 10.2. The molecule has 0 aromatic rings. The van der Waals surface area contributed by atoms with Crippen LogP contribution in [0, 0.1) is 0 Å². The third kappa shape index (κ3) is 1.31. The van der Waals surface area contributed by atoms with E-state index in [4.69, 9.17) is 4.74 Å². The van der Waals surface area contributed by atoms with E-state index in [1.165, 1.54) is 19.5 Å². The highest BCUT2D eigenvalue weighted by molar-refractivity contribution is 5.30. The van der Waals surface area contributed by atoms with Crippen molar-refractivity contribution in [2.24, 2.45) is 0 Å². The minimum atomic E-state index is 0.700. The number of ether oxygens (including phenoxy) is 1. The second-order valence-electron chi connectivity index (χ2n) is 4.23. The molecule has 0 spiro atoms. The molecule has 1 saturated heterocycles. The molecule has 3 aliphatic rings. The van der Waals surface area contributed by atoms with Crippen LogP contribution in [0.3, 0.4) is 0 Å². The van der Waals surface area contributed by atoms with Crippen LogP contribution in [0.25, 0.3) is 0 Å². The van der Waals surface area contributed by atoms with E-state index in [9.17, 15) is 0 Å². The maximum atomic E-state index is 5.42. The summed E-state index contributed by atoms with van der Waals surface area (Å²) in [6, 6.07) is 0.700. The maximum absolute atomic E-state index is 5.42. The van der Waals surface area contributed by atoms with E-state index in [2.05, 4.69) is 10.2 Å². The molecule has 0 aromatic carbocycles. The molecule has 3 aliphatic heterocycles. The largest absolute Gasteiger partial charge is 0.380 e. The van der Waals surface area contributed by atoms with Crippen molar-refractivity contribution in [3.05, 3.63) is 11.1 Å². The van der Waals surface area contributed by atoms with Crippen molar-refractivity contribution in [2.45, 2.75) is 12.5 Å². The van der Waals surface area contributed by atoms with Crippen LogP contribution in [0.2, 0.25) is 0 Å². The monoisotopic (exact) mass is 180 g/mol. The zero-order valence-corrected chi connectivity index (χ0v) is 7.88. The highest BCUT2D eigenvalue weighted by Crippen LogP contribution is 2.24. The van der Waals surface area contributed by atoms with Crippen LogP contribution in [0.15, 0.2) is 11.1 Å². The zero-order chi connectivity index (χ0) is 8.67. The average Bonchev–Trinajstić information content (AvgIpc) is 2.78. The van der Waals surface area contributed by atoms with Crippen LogP contribution in [0.4, 0.5) is 0 Å². The summed E-state index contributed by atoms with van der Waals surface area (Å²) in [7, 11) is 0. The molecule has 0 bridgehead atoms. The predicted molar refractivity (Wildman–Crippen MR) is 50.7 cm³/mol. The lowest BCUT2D eigenvalue weighted by Crippen LogP contribution is -2.36. The molecule has 0 aromatic heterocycles. The molecule has 1 unspecified atom stereocenters. The molecule has 1 fully saturated rings. The Hall–Kier alpha value is -0.380. The zero-order valence-electron chi connectivity index (χ0n) is 7.88. The van der Waals surface area contributed by atoms with Gasteiger partial charge in [0.15, 0.2) is 0 Å². The van der Waals surface area contributed by atoms with Crippen molar-refractivity contribution in [1.29, 1.82) is 0 Å². The Labute approximate surface area is 78.7 Å². The second kappa shape index (κ2) is 3.08. The fourth-order valence-corrected chi connectivity index (χ4v) is 2.56. The summed E-state index contributed by atoms with van der Waals surface area (Å²) in [6.07, 6.45) is 1.23. The van der Waals surface area contributed by atoms with Crippen molar-refractivity contribution in [3.8, 4) is 0 Å². The first kappa shape index (κ1) is 7.97. The lowest BCUT2D eigenvalue weighted by Gasteiger charge is -2.23. The Morgan fingerprint density at radius 1 is 1.23 bits per heavy atom. The van der Waals surface area contributed by atoms with Gasteiger partial charge in [-0.05, 0) is 17.6 Å². The Bertz CT molecular complexity index is 227. The van der Waals surface area contributed by atoms with Crippen LogP contribution in [0.5, 0.6) is 0 Å². The Kier molecular flexibility index (Phi) is 1.89. The number of rotatable bonds is 1. The minimum absolute atomic E-state index is 0.700. The molecule has 3 heterocycles. The van der Waals surface area contributed by atoms with E-state index >= 15 is 0 Å². The first-order chi connectivity index (χ1) is 6.43. The average molecular weight is 180 g/mol. The van der Waals surface area contributed by atoms with Crippen LogP contribution in [0.1, 0.15) is 6.42 Å². The van der Waals surface area contributed by atoms with Gasteiger partial charge in [-0.1, -0.05) is 0 Å². The van der Waals surface area contributed by atoms with Crippen molar-refractivity contribution in [1.82, 2.24) is 10.2 Å². The summed E-state index contributed by atoms with van der Waals surface area (Å²) < 4.78 is 5.42. The maximum Gasteiger partial charge on any atom is 0.0622 e. The molecule has 1 N–H and O–H groups in total. The summed E-state index contributed by atoms with van der Waals surface area (Å²) in [5.41, 5.74) is 3.29. The third-order valence-corrected chi connectivity index (χ3v) is 3.39. The van der Waals surface area contributed by atoms with Gasteiger partial charge in [-0.3, -0.25) is 4.90 Å². The van der Waals surface area contributed by atoms with E-state index in [0.29, 0.717) is 6.04 Å². The summed E-state index contributed by atoms with van der Waals surface area (Å²) in [5.74, 6) is 0. The van der Waals surface area contributed by atoms with Gasteiger partial charge in [0.1, 0.15) is 0 Å². The normalized spacial score (nSPS) is 34.6. The van der Waals surface area contributed by atoms with Gasteiger partial charge in [-0.25, -0.2) is 0 Å². The molecule has 3 heteroatoms. The van der Waals surface area contributed by atoms with E-state index in [1.807, 2.05) is 0 Å². The number of nitrogens with zero attached hydrogens (tertiary/aromatic N) is 1. The molecule has 0 aliphatic carbocycles. The molecular weight excluding hydrogens is 164 g/mol. The van der Waals surface area contributed by atoms with Gasteiger partial charge in [0, 0.05) is 38.8 Å². The van der Waals surface area contributed by atoms with Gasteiger partial charge >= 0.3 is 0 Å². The highest BCUT2D eigenvalue weighted by atomic mass is 16.5. The molecule has 0 radical (unpaired) electrons. The molecule has 1 atom stereocenters. The molecule has 3 nitrogen and oxygen atoms in total. The van der Waals surface area contributed by atoms with Gasteiger partial charge in [0.2, 0.25) is 0 Å². The molecule has 72 valence electrons. The van der Waals surface area contributed by atoms with E-state index in [0.717, 1.165) is 26.3 Å². The van der Waals surface area contributed by atoms with Crippen LogP contribution < -0.4 is 5.32 Å². The quantitative estimate of drug-likeness (QED) is 0.574. The van der Waals surface area contributed by atoms with Gasteiger partial charge < -0.3 is 10.1 Å². The Morgan fingerprint density at radius 3 is 2.62 bits per heavy atom. The van der Waals surface area contributed by atoms with Gasteiger partial charge in [-0.15, -0.1) is 0 Å². The fourth-order valence-electron chi connectivity index (χ4n) is 2.56. The predicted octanol–water partition coefficient (Wildman–Crippen LogP) is -0.00930. The van der Waals surface area contributed by atoms with Crippen LogP contribution >= 0.6 is 0 Å². The Morgan fingerprint density at radius 2 is 2.00 bits per heavy atom. The summed E-state index contributed by atoms with van der Waals surface area (Å²) in [5, 5.41) is 3.40. The van der Waals surface area contributed by atoms with Gasteiger partial charge in [-0.2, -0.15) is 0 Å². The van der Waals surface area contributed by atoms with Crippen LogP contribution in [-0.4, -0.2) is 50.3 Å². The molecule has 3 rings (SSSR count). The topological polar surface area (TPSA) is 24.5 Å². The first-order valence-corrected chi connectivity index (χ1v) is 5.16. The summed E-state index contributed by atoms with van der Waals surface area (Å²) in [6.45, 7) is 6.55. The lowest BCUT2D eigenvalue weighted by molar-refractivity contribution is 0.159. The summed E-state index contributed by atoms with van der Waals surface area (Å²) in [4.78, 5) is 2.58. The molecular formula is C10H16N2O. The summed E-state index contributed by atoms with van der Waals surface area (Å²) >= 11 is 0. The number of hydrogen-bond acceptors (Lipinski definition) is 3.